The lowest BCUT2D eigenvalue weighted by molar-refractivity contribution is -0.121. The molecular formula is C23H28N4O3. The molecule has 1 unspecified atom stereocenters. The topological polar surface area (TPSA) is 78.2 Å². The summed E-state index contributed by atoms with van der Waals surface area (Å²) in [5.41, 5.74) is 2.55. The summed E-state index contributed by atoms with van der Waals surface area (Å²) in [6, 6.07) is 9.43. The molecule has 0 radical (unpaired) electrons. The van der Waals surface area contributed by atoms with Crippen molar-refractivity contribution in [2.45, 2.75) is 52.2 Å². The second kappa shape index (κ2) is 8.83. The number of amides is 1. The number of benzene rings is 1. The number of aryl methyl sites for hydroxylation is 2. The van der Waals surface area contributed by atoms with Gasteiger partial charge >= 0.3 is 0 Å². The Hall–Kier alpha value is -2.93. The highest BCUT2D eigenvalue weighted by molar-refractivity contribution is 5.87. The first-order chi connectivity index (χ1) is 14.6. The van der Waals surface area contributed by atoms with E-state index in [2.05, 4.69) is 15.0 Å². The normalized spacial score (nSPS) is 16.3. The van der Waals surface area contributed by atoms with E-state index >= 15 is 0 Å². The van der Waals surface area contributed by atoms with E-state index in [1.807, 2.05) is 44.2 Å². The Balaban J connectivity index is 1.47. The maximum Gasteiger partial charge on any atom is 0.281 e. The van der Waals surface area contributed by atoms with Crippen LogP contribution in [-0.4, -0.2) is 39.5 Å². The van der Waals surface area contributed by atoms with Gasteiger partial charge in [-0.2, -0.15) is 9.78 Å². The fourth-order valence-electron chi connectivity index (χ4n) is 4.22. The molecule has 1 fully saturated rings. The summed E-state index contributed by atoms with van der Waals surface area (Å²) in [5.74, 6) is 0.0469. The fraction of sp³-hybridized carbons (Fsp3) is 0.435. The molecule has 1 aliphatic heterocycles. The molecule has 4 rings (SSSR count). The molecule has 1 N–H and O–H groups in total. The summed E-state index contributed by atoms with van der Waals surface area (Å²) in [6.07, 6.45) is 5.17. The number of hydrogen-bond acceptors (Lipinski definition) is 4. The van der Waals surface area contributed by atoms with Crippen molar-refractivity contribution >= 4 is 16.7 Å². The van der Waals surface area contributed by atoms with Gasteiger partial charge in [-0.15, -0.1) is 0 Å². The highest BCUT2D eigenvalue weighted by Gasteiger charge is 2.18. The minimum Gasteiger partial charge on any atom is -0.376 e. The summed E-state index contributed by atoms with van der Waals surface area (Å²) in [4.78, 5) is 25.3. The number of fused-ring (bicyclic) bond motifs is 1. The zero-order valence-corrected chi connectivity index (χ0v) is 17.6. The van der Waals surface area contributed by atoms with Gasteiger partial charge in [-0.05, 0) is 45.2 Å². The Labute approximate surface area is 175 Å². The molecule has 1 amide bonds. The summed E-state index contributed by atoms with van der Waals surface area (Å²) in [7, 11) is 0. The van der Waals surface area contributed by atoms with Crippen molar-refractivity contribution in [3.8, 4) is 5.69 Å². The maximum absolute atomic E-state index is 13.1. The van der Waals surface area contributed by atoms with Crippen molar-refractivity contribution < 1.29 is 9.53 Å². The molecule has 158 valence electrons. The average molecular weight is 409 g/mol. The minimum atomic E-state index is -0.118. The van der Waals surface area contributed by atoms with Crippen LogP contribution < -0.4 is 10.9 Å². The SMILES string of the molecule is Cc1c2cnn(-c3ccccc3)c(=O)c2c(C)n1CCCC(=O)NCC1CCCO1. The summed E-state index contributed by atoms with van der Waals surface area (Å²) in [6.45, 7) is 6.03. The van der Waals surface area contributed by atoms with Gasteiger partial charge in [-0.3, -0.25) is 9.59 Å². The van der Waals surface area contributed by atoms with Gasteiger partial charge < -0.3 is 14.6 Å². The molecule has 2 aromatic heterocycles. The third kappa shape index (κ3) is 4.03. The molecule has 0 spiro atoms. The lowest BCUT2D eigenvalue weighted by Crippen LogP contribution is -2.31. The third-order valence-corrected chi connectivity index (χ3v) is 5.88. The van der Waals surface area contributed by atoms with Crippen LogP contribution in [0.3, 0.4) is 0 Å². The zero-order valence-electron chi connectivity index (χ0n) is 17.6. The summed E-state index contributed by atoms with van der Waals surface area (Å²) in [5, 5.41) is 8.90. The van der Waals surface area contributed by atoms with Gasteiger partial charge in [0.05, 0.1) is 23.4 Å². The van der Waals surface area contributed by atoms with E-state index in [9.17, 15) is 9.59 Å². The molecule has 1 aromatic carbocycles. The Morgan fingerprint density at radius 3 is 2.77 bits per heavy atom. The predicted molar refractivity (Wildman–Crippen MR) is 116 cm³/mol. The molecule has 0 aliphatic carbocycles. The van der Waals surface area contributed by atoms with E-state index in [-0.39, 0.29) is 17.6 Å². The number of rotatable bonds is 7. The van der Waals surface area contributed by atoms with Crippen molar-refractivity contribution in [1.29, 1.82) is 0 Å². The largest absolute Gasteiger partial charge is 0.376 e. The van der Waals surface area contributed by atoms with Crippen LogP contribution in [0.2, 0.25) is 0 Å². The number of para-hydroxylation sites is 1. The average Bonchev–Trinajstić information content (AvgIpc) is 3.36. The molecule has 30 heavy (non-hydrogen) atoms. The van der Waals surface area contributed by atoms with Crippen molar-refractivity contribution in [3.05, 3.63) is 58.3 Å². The van der Waals surface area contributed by atoms with Crippen LogP contribution >= 0.6 is 0 Å². The van der Waals surface area contributed by atoms with Crippen molar-refractivity contribution in [2.24, 2.45) is 0 Å². The number of nitrogens with zero attached hydrogens (tertiary/aromatic N) is 3. The maximum atomic E-state index is 13.1. The number of nitrogens with one attached hydrogen (secondary N) is 1. The lowest BCUT2D eigenvalue weighted by atomic mass is 10.2. The van der Waals surface area contributed by atoms with Gasteiger partial charge in [0.2, 0.25) is 5.91 Å². The Morgan fingerprint density at radius 1 is 1.23 bits per heavy atom. The Bertz CT molecular complexity index is 1100. The Kier molecular flexibility index (Phi) is 5.99. The number of carbonyl (C=O) groups is 1. The van der Waals surface area contributed by atoms with Gasteiger partial charge in [-0.1, -0.05) is 18.2 Å². The minimum absolute atomic E-state index is 0.0469. The standard InChI is InChI=1S/C23H28N4O3/c1-16-20-15-25-27(18-8-4-3-5-9-18)23(29)22(20)17(2)26(16)12-6-11-21(28)24-14-19-10-7-13-30-19/h3-5,8-9,15,19H,6-7,10-14H2,1-2H3,(H,24,28). The summed E-state index contributed by atoms with van der Waals surface area (Å²) >= 11 is 0. The van der Waals surface area contributed by atoms with Crippen LogP contribution in [0.25, 0.3) is 16.5 Å². The van der Waals surface area contributed by atoms with E-state index in [0.717, 1.165) is 41.9 Å². The zero-order chi connectivity index (χ0) is 21.1. The first kappa shape index (κ1) is 20.3. The molecule has 3 aromatic rings. The van der Waals surface area contributed by atoms with E-state index in [0.29, 0.717) is 31.3 Å². The second-order valence-corrected chi connectivity index (χ2v) is 7.85. The van der Waals surface area contributed by atoms with Gasteiger partial charge in [-0.25, -0.2) is 0 Å². The van der Waals surface area contributed by atoms with Gasteiger partial charge in [0.15, 0.2) is 0 Å². The number of aromatic nitrogens is 3. The van der Waals surface area contributed by atoms with Crippen LogP contribution in [-0.2, 0) is 16.1 Å². The van der Waals surface area contributed by atoms with Crippen LogP contribution in [0.4, 0.5) is 0 Å². The molecule has 1 saturated heterocycles. The molecule has 1 aliphatic rings. The molecular weight excluding hydrogens is 380 g/mol. The lowest BCUT2D eigenvalue weighted by Gasteiger charge is -2.12. The van der Waals surface area contributed by atoms with Crippen LogP contribution in [0.1, 0.15) is 37.1 Å². The quantitative estimate of drug-likeness (QED) is 0.652. The number of ether oxygens (including phenoxy) is 1. The number of hydrogen-bond donors (Lipinski definition) is 1. The first-order valence-electron chi connectivity index (χ1n) is 10.6. The molecule has 0 saturated carbocycles. The van der Waals surface area contributed by atoms with Gasteiger partial charge in [0.1, 0.15) is 0 Å². The van der Waals surface area contributed by atoms with E-state index in [4.69, 9.17) is 4.74 Å². The highest BCUT2D eigenvalue weighted by atomic mass is 16.5. The van der Waals surface area contributed by atoms with Crippen molar-refractivity contribution in [1.82, 2.24) is 19.7 Å². The molecule has 0 bridgehead atoms. The van der Waals surface area contributed by atoms with Crippen LogP contribution in [0.5, 0.6) is 0 Å². The van der Waals surface area contributed by atoms with Crippen molar-refractivity contribution in [2.75, 3.05) is 13.2 Å². The predicted octanol–water partition coefficient (Wildman–Crippen LogP) is 2.88. The van der Waals surface area contributed by atoms with Gasteiger partial charge in [0, 0.05) is 42.9 Å². The van der Waals surface area contributed by atoms with E-state index in [1.54, 1.807) is 6.20 Å². The summed E-state index contributed by atoms with van der Waals surface area (Å²) < 4.78 is 9.10. The first-order valence-corrected chi connectivity index (χ1v) is 10.6. The second-order valence-electron chi connectivity index (χ2n) is 7.85. The van der Waals surface area contributed by atoms with Crippen LogP contribution in [0, 0.1) is 13.8 Å². The van der Waals surface area contributed by atoms with Crippen LogP contribution in [0.15, 0.2) is 41.3 Å². The van der Waals surface area contributed by atoms with E-state index in [1.165, 1.54) is 4.68 Å². The monoisotopic (exact) mass is 408 g/mol. The number of carbonyl (C=O) groups excluding carboxylic acids is 1. The highest BCUT2D eigenvalue weighted by Crippen LogP contribution is 2.23. The molecule has 7 nitrogen and oxygen atoms in total. The van der Waals surface area contributed by atoms with Crippen molar-refractivity contribution in [3.63, 3.8) is 0 Å². The fourth-order valence-corrected chi connectivity index (χ4v) is 4.22. The van der Waals surface area contributed by atoms with Gasteiger partial charge in [0.25, 0.3) is 5.56 Å². The van der Waals surface area contributed by atoms with E-state index < -0.39 is 0 Å². The Morgan fingerprint density at radius 2 is 2.03 bits per heavy atom. The molecule has 3 heterocycles. The molecule has 7 heteroatoms. The third-order valence-electron chi connectivity index (χ3n) is 5.88. The molecule has 1 atom stereocenters. The smallest absolute Gasteiger partial charge is 0.281 e.